The Hall–Kier alpha value is -2.18. The van der Waals surface area contributed by atoms with Gasteiger partial charge >= 0.3 is 12.0 Å². The minimum Gasteiger partial charge on any atom is -0.481 e. The zero-order valence-corrected chi connectivity index (χ0v) is 11.8. The number of carboxylic acids is 1. The van der Waals surface area contributed by atoms with Gasteiger partial charge in [0, 0.05) is 12.6 Å². The van der Waals surface area contributed by atoms with Crippen molar-refractivity contribution >= 4 is 17.7 Å². The maximum absolute atomic E-state index is 13.3. The van der Waals surface area contributed by atoms with Crippen molar-refractivity contribution < 1.29 is 23.5 Å². The first-order chi connectivity index (χ1) is 9.79. The van der Waals surface area contributed by atoms with Gasteiger partial charge in [-0.2, -0.15) is 0 Å². The summed E-state index contributed by atoms with van der Waals surface area (Å²) in [4.78, 5) is 22.6. The van der Waals surface area contributed by atoms with Gasteiger partial charge in [-0.3, -0.25) is 4.79 Å². The molecule has 1 atom stereocenters. The van der Waals surface area contributed by atoms with E-state index >= 15 is 0 Å². The molecular weight excluding hydrogens is 282 g/mol. The molecule has 116 valence electrons. The molecule has 0 fully saturated rings. The predicted octanol–water partition coefficient (Wildman–Crippen LogP) is 2.83. The SMILES string of the molecule is CC(C)CC(CNC(=O)Nc1ccc(F)cc1F)C(=O)O. The van der Waals surface area contributed by atoms with Crippen LogP contribution in [0.5, 0.6) is 0 Å². The highest BCUT2D eigenvalue weighted by Crippen LogP contribution is 2.15. The maximum Gasteiger partial charge on any atom is 0.319 e. The Morgan fingerprint density at radius 1 is 1.29 bits per heavy atom. The highest BCUT2D eigenvalue weighted by molar-refractivity contribution is 5.89. The third kappa shape index (κ3) is 5.76. The number of halogens is 2. The van der Waals surface area contributed by atoms with Crippen molar-refractivity contribution in [1.82, 2.24) is 5.32 Å². The number of hydrogen-bond acceptors (Lipinski definition) is 2. The summed E-state index contributed by atoms with van der Waals surface area (Å²) in [6.07, 6.45) is 0.417. The van der Waals surface area contributed by atoms with E-state index < -0.39 is 29.6 Å². The summed E-state index contributed by atoms with van der Waals surface area (Å²) in [6.45, 7) is 3.69. The lowest BCUT2D eigenvalue weighted by molar-refractivity contribution is -0.142. The fourth-order valence-electron chi connectivity index (χ4n) is 1.81. The molecule has 0 heterocycles. The first-order valence-corrected chi connectivity index (χ1v) is 6.52. The van der Waals surface area contributed by atoms with Crippen LogP contribution in [-0.4, -0.2) is 23.7 Å². The van der Waals surface area contributed by atoms with Gasteiger partial charge in [-0.15, -0.1) is 0 Å². The van der Waals surface area contributed by atoms with Crippen molar-refractivity contribution in [2.75, 3.05) is 11.9 Å². The minimum absolute atomic E-state index is 0.0673. The quantitative estimate of drug-likeness (QED) is 0.756. The molecule has 0 saturated heterocycles. The highest BCUT2D eigenvalue weighted by Gasteiger charge is 2.19. The van der Waals surface area contributed by atoms with Gasteiger partial charge in [0.1, 0.15) is 11.6 Å². The van der Waals surface area contributed by atoms with E-state index in [2.05, 4.69) is 10.6 Å². The average molecular weight is 300 g/mol. The third-order valence-electron chi connectivity index (χ3n) is 2.79. The van der Waals surface area contributed by atoms with E-state index in [1.54, 1.807) is 0 Å². The lowest BCUT2D eigenvalue weighted by Crippen LogP contribution is -2.36. The number of amides is 2. The Bertz CT molecular complexity index is 521. The molecule has 2 amide bonds. The van der Waals surface area contributed by atoms with E-state index in [0.717, 1.165) is 12.1 Å². The van der Waals surface area contributed by atoms with Crippen LogP contribution in [0.15, 0.2) is 18.2 Å². The van der Waals surface area contributed by atoms with Gasteiger partial charge in [-0.1, -0.05) is 13.8 Å². The number of urea groups is 1. The fourth-order valence-corrected chi connectivity index (χ4v) is 1.81. The van der Waals surface area contributed by atoms with Crippen molar-refractivity contribution in [2.45, 2.75) is 20.3 Å². The normalized spacial score (nSPS) is 12.0. The summed E-state index contributed by atoms with van der Waals surface area (Å²) in [7, 11) is 0. The van der Waals surface area contributed by atoms with E-state index in [-0.39, 0.29) is 18.2 Å². The van der Waals surface area contributed by atoms with Crippen LogP contribution in [0.25, 0.3) is 0 Å². The molecule has 7 heteroatoms. The predicted molar refractivity (Wildman–Crippen MR) is 74.0 cm³/mol. The van der Waals surface area contributed by atoms with Gasteiger partial charge in [0.05, 0.1) is 11.6 Å². The fraction of sp³-hybridized carbons (Fsp3) is 0.429. The molecule has 0 aromatic heterocycles. The molecule has 0 bridgehead atoms. The van der Waals surface area contributed by atoms with Crippen LogP contribution in [-0.2, 0) is 4.79 Å². The molecule has 0 spiro atoms. The number of carbonyl (C=O) groups excluding carboxylic acids is 1. The van der Waals surface area contributed by atoms with Crippen molar-refractivity contribution in [3.8, 4) is 0 Å². The van der Waals surface area contributed by atoms with Gasteiger partial charge in [0.2, 0.25) is 0 Å². The van der Waals surface area contributed by atoms with Crippen LogP contribution >= 0.6 is 0 Å². The summed E-state index contributed by atoms with van der Waals surface area (Å²) >= 11 is 0. The van der Waals surface area contributed by atoms with Crippen LogP contribution in [0.4, 0.5) is 19.3 Å². The van der Waals surface area contributed by atoms with Gasteiger partial charge in [-0.05, 0) is 24.5 Å². The summed E-state index contributed by atoms with van der Waals surface area (Å²) in [6, 6.07) is 2.01. The van der Waals surface area contributed by atoms with E-state index in [4.69, 9.17) is 5.11 Å². The molecule has 1 unspecified atom stereocenters. The van der Waals surface area contributed by atoms with Gasteiger partial charge < -0.3 is 15.7 Å². The lowest BCUT2D eigenvalue weighted by atomic mass is 9.97. The smallest absolute Gasteiger partial charge is 0.319 e. The molecule has 3 N–H and O–H groups in total. The maximum atomic E-state index is 13.3. The molecule has 21 heavy (non-hydrogen) atoms. The van der Waals surface area contributed by atoms with Crippen molar-refractivity contribution in [2.24, 2.45) is 11.8 Å². The third-order valence-corrected chi connectivity index (χ3v) is 2.79. The first kappa shape index (κ1) is 16.9. The summed E-state index contributed by atoms with van der Waals surface area (Å²) < 4.78 is 26.0. The second-order valence-electron chi connectivity index (χ2n) is 5.12. The molecule has 1 rings (SSSR count). The Labute approximate surface area is 121 Å². The molecule has 0 aliphatic carbocycles. The highest BCUT2D eigenvalue weighted by atomic mass is 19.1. The largest absolute Gasteiger partial charge is 0.481 e. The minimum atomic E-state index is -1.00. The molecule has 0 radical (unpaired) electrons. The number of nitrogens with one attached hydrogen (secondary N) is 2. The zero-order valence-electron chi connectivity index (χ0n) is 11.8. The molecular formula is C14H18F2N2O3. The number of carbonyl (C=O) groups is 2. The molecule has 0 aliphatic heterocycles. The monoisotopic (exact) mass is 300 g/mol. The second-order valence-corrected chi connectivity index (χ2v) is 5.12. The van der Waals surface area contributed by atoms with Crippen LogP contribution in [0.1, 0.15) is 20.3 Å². The topological polar surface area (TPSA) is 78.4 Å². The molecule has 0 saturated carbocycles. The Kier molecular flexibility index (Phi) is 6.08. The van der Waals surface area contributed by atoms with Gasteiger partial charge in [-0.25, -0.2) is 13.6 Å². The molecule has 1 aromatic rings. The van der Waals surface area contributed by atoms with Crippen LogP contribution in [0.3, 0.4) is 0 Å². The Morgan fingerprint density at radius 2 is 1.95 bits per heavy atom. The van der Waals surface area contributed by atoms with Gasteiger partial charge in [0.15, 0.2) is 0 Å². The number of rotatable bonds is 6. The zero-order chi connectivity index (χ0) is 16.0. The van der Waals surface area contributed by atoms with Crippen LogP contribution in [0.2, 0.25) is 0 Å². The van der Waals surface area contributed by atoms with E-state index in [1.807, 2.05) is 13.8 Å². The number of benzene rings is 1. The van der Waals surface area contributed by atoms with Crippen molar-refractivity contribution in [1.29, 1.82) is 0 Å². The van der Waals surface area contributed by atoms with Crippen LogP contribution in [0, 0.1) is 23.5 Å². The van der Waals surface area contributed by atoms with Gasteiger partial charge in [0.25, 0.3) is 0 Å². The Balaban J connectivity index is 2.54. The van der Waals surface area contributed by atoms with Crippen molar-refractivity contribution in [3.63, 3.8) is 0 Å². The standard InChI is InChI=1S/C14H18F2N2O3/c1-8(2)5-9(13(19)20)7-17-14(21)18-12-4-3-10(15)6-11(12)16/h3-4,6,8-9H,5,7H2,1-2H3,(H,19,20)(H2,17,18,21). The van der Waals surface area contributed by atoms with E-state index in [1.165, 1.54) is 0 Å². The second kappa shape index (κ2) is 7.56. The number of aliphatic carboxylic acids is 1. The Morgan fingerprint density at radius 3 is 2.48 bits per heavy atom. The van der Waals surface area contributed by atoms with E-state index in [9.17, 15) is 18.4 Å². The van der Waals surface area contributed by atoms with Crippen molar-refractivity contribution in [3.05, 3.63) is 29.8 Å². The molecule has 0 aliphatic rings. The summed E-state index contributed by atoms with van der Waals surface area (Å²) in [5, 5.41) is 13.6. The summed E-state index contributed by atoms with van der Waals surface area (Å²) in [5.74, 6) is -3.19. The van der Waals surface area contributed by atoms with Crippen LogP contribution < -0.4 is 10.6 Å². The lowest BCUT2D eigenvalue weighted by Gasteiger charge is -2.15. The molecule has 1 aromatic carbocycles. The average Bonchev–Trinajstić information content (AvgIpc) is 2.37. The first-order valence-electron chi connectivity index (χ1n) is 6.52. The van der Waals surface area contributed by atoms with E-state index in [0.29, 0.717) is 12.5 Å². The molecule has 5 nitrogen and oxygen atoms in total. The number of carboxylic acid groups (broad SMARTS) is 1. The number of hydrogen-bond donors (Lipinski definition) is 3. The summed E-state index contributed by atoms with van der Waals surface area (Å²) in [5.41, 5.74) is -0.176. The number of anilines is 1.